The Bertz CT molecular complexity index is 451. The van der Waals surface area contributed by atoms with Crippen molar-refractivity contribution in [3.8, 4) is 0 Å². The fourth-order valence-corrected chi connectivity index (χ4v) is 1.65. The molecule has 0 unspecified atom stereocenters. The summed E-state index contributed by atoms with van der Waals surface area (Å²) in [5, 5.41) is 2.62. The van der Waals surface area contributed by atoms with Gasteiger partial charge in [0.25, 0.3) is 0 Å². The second-order valence-corrected chi connectivity index (χ2v) is 4.17. The van der Waals surface area contributed by atoms with E-state index in [0.29, 0.717) is 5.56 Å². The van der Waals surface area contributed by atoms with Crippen molar-refractivity contribution in [3.63, 3.8) is 0 Å². The van der Waals surface area contributed by atoms with E-state index >= 15 is 0 Å². The molecule has 0 heterocycles. The van der Waals surface area contributed by atoms with Gasteiger partial charge in [-0.05, 0) is 17.7 Å². The number of amides is 2. The molecule has 5 nitrogen and oxygen atoms in total. The van der Waals surface area contributed by atoms with Crippen LogP contribution in [0.25, 0.3) is 0 Å². The highest BCUT2D eigenvalue weighted by molar-refractivity contribution is 5.85. The third kappa shape index (κ3) is 5.48. The van der Waals surface area contributed by atoms with Crippen LogP contribution in [0.1, 0.15) is 12.0 Å². The monoisotopic (exact) mass is 268 g/mol. The van der Waals surface area contributed by atoms with Crippen LogP contribution in [0.5, 0.6) is 0 Å². The maximum atomic E-state index is 12.9. The largest absolute Gasteiger partial charge is 0.384 e. The molecule has 19 heavy (non-hydrogen) atoms. The molecule has 0 saturated carbocycles. The molecular formula is C13H17FN2O3. The van der Waals surface area contributed by atoms with Gasteiger partial charge < -0.3 is 15.8 Å². The summed E-state index contributed by atoms with van der Waals surface area (Å²) in [7, 11) is 1.44. The van der Waals surface area contributed by atoms with E-state index in [1.165, 1.54) is 19.2 Å². The number of ether oxygens (including phenoxy) is 1. The molecule has 0 aliphatic heterocycles. The van der Waals surface area contributed by atoms with Gasteiger partial charge in [0, 0.05) is 20.1 Å². The van der Waals surface area contributed by atoms with Crippen LogP contribution in [0, 0.1) is 11.7 Å². The minimum Gasteiger partial charge on any atom is -0.384 e. The first-order valence-corrected chi connectivity index (χ1v) is 5.82. The molecule has 0 aromatic heterocycles. The molecule has 104 valence electrons. The fraction of sp³-hybridized carbons (Fsp3) is 0.385. The van der Waals surface area contributed by atoms with E-state index in [2.05, 4.69) is 5.32 Å². The number of halogens is 1. The summed E-state index contributed by atoms with van der Waals surface area (Å²) in [6.07, 6.45) is -0.0805. The first-order valence-electron chi connectivity index (χ1n) is 5.82. The Hall–Kier alpha value is -1.95. The zero-order chi connectivity index (χ0) is 14.3. The van der Waals surface area contributed by atoms with E-state index in [0.717, 1.165) is 0 Å². The molecule has 1 aromatic carbocycles. The maximum absolute atomic E-state index is 12.9. The maximum Gasteiger partial charge on any atom is 0.226 e. The zero-order valence-corrected chi connectivity index (χ0v) is 10.7. The molecule has 0 fully saturated rings. The van der Waals surface area contributed by atoms with Crippen molar-refractivity contribution in [2.45, 2.75) is 13.0 Å². The predicted molar refractivity (Wildman–Crippen MR) is 67.4 cm³/mol. The lowest BCUT2D eigenvalue weighted by atomic mass is 10.1. The standard InChI is InChI=1S/C13H17FN2O3/c1-19-8-10(6-12(15)17)13(18)16-7-9-3-2-4-11(14)5-9/h2-5,10H,6-8H2,1H3,(H2,15,17)(H,16,18)/t10-/m1/s1. The number of benzene rings is 1. The molecule has 1 rings (SSSR count). The smallest absolute Gasteiger partial charge is 0.226 e. The van der Waals surface area contributed by atoms with Gasteiger partial charge in [-0.15, -0.1) is 0 Å². The summed E-state index contributed by atoms with van der Waals surface area (Å²) in [4.78, 5) is 22.7. The Morgan fingerprint density at radius 3 is 2.79 bits per heavy atom. The SMILES string of the molecule is COC[C@@H](CC(N)=O)C(=O)NCc1cccc(F)c1. The Morgan fingerprint density at radius 2 is 2.21 bits per heavy atom. The van der Waals surface area contributed by atoms with Gasteiger partial charge in [0.15, 0.2) is 0 Å². The lowest BCUT2D eigenvalue weighted by Gasteiger charge is -2.14. The quantitative estimate of drug-likeness (QED) is 0.759. The Morgan fingerprint density at radius 1 is 1.47 bits per heavy atom. The summed E-state index contributed by atoms with van der Waals surface area (Å²) < 4.78 is 17.8. The van der Waals surface area contributed by atoms with Gasteiger partial charge >= 0.3 is 0 Å². The minimum absolute atomic E-state index is 0.0805. The summed E-state index contributed by atoms with van der Waals surface area (Å²) in [5.74, 6) is -1.90. The number of methoxy groups -OCH3 is 1. The molecule has 6 heteroatoms. The third-order valence-electron chi connectivity index (χ3n) is 2.54. The molecule has 2 amide bonds. The van der Waals surface area contributed by atoms with Crippen molar-refractivity contribution >= 4 is 11.8 Å². The van der Waals surface area contributed by atoms with E-state index in [4.69, 9.17) is 10.5 Å². The van der Waals surface area contributed by atoms with Gasteiger partial charge in [-0.3, -0.25) is 9.59 Å². The van der Waals surface area contributed by atoms with Gasteiger partial charge in [0.2, 0.25) is 11.8 Å². The number of primary amides is 1. The van der Waals surface area contributed by atoms with Crippen LogP contribution in [0.3, 0.4) is 0 Å². The molecule has 0 aliphatic carbocycles. The molecule has 1 aromatic rings. The first-order chi connectivity index (χ1) is 9.02. The first kappa shape index (κ1) is 15.1. The van der Waals surface area contributed by atoms with Crippen LogP contribution in [0.2, 0.25) is 0 Å². The van der Waals surface area contributed by atoms with Gasteiger partial charge in [-0.2, -0.15) is 0 Å². The van der Waals surface area contributed by atoms with Crippen LogP contribution < -0.4 is 11.1 Å². The number of hydrogen-bond acceptors (Lipinski definition) is 3. The number of hydrogen-bond donors (Lipinski definition) is 2. The molecule has 0 saturated heterocycles. The van der Waals surface area contributed by atoms with Crippen molar-refractivity contribution < 1.29 is 18.7 Å². The molecule has 0 spiro atoms. The summed E-state index contributed by atoms with van der Waals surface area (Å²) >= 11 is 0. The second kappa shape index (κ2) is 7.48. The highest BCUT2D eigenvalue weighted by atomic mass is 19.1. The van der Waals surface area contributed by atoms with Crippen molar-refractivity contribution in [1.82, 2.24) is 5.32 Å². The van der Waals surface area contributed by atoms with Crippen molar-refractivity contribution in [2.24, 2.45) is 11.7 Å². The number of nitrogens with two attached hydrogens (primary N) is 1. The summed E-state index contributed by atoms with van der Waals surface area (Å²) in [6.45, 7) is 0.299. The van der Waals surface area contributed by atoms with Gasteiger partial charge in [-0.25, -0.2) is 4.39 Å². The fourth-order valence-electron chi connectivity index (χ4n) is 1.65. The number of carbonyl (C=O) groups is 2. The normalized spacial score (nSPS) is 11.9. The Labute approximate surface area is 110 Å². The van der Waals surface area contributed by atoms with Crippen LogP contribution in [-0.4, -0.2) is 25.5 Å². The number of carbonyl (C=O) groups excluding carboxylic acids is 2. The molecule has 0 radical (unpaired) electrons. The van der Waals surface area contributed by atoms with Crippen LogP contribution in [0.4, 0.5) is 4.39 Å². The molecule has 3 N–H and O–H groups in total. The van der Waals surface area contributed by atoms with Crippen molar-refractivity contribution in [2.75, 3.05) is 13.7 Å². The lowest BCUT2D eigenvalue weighted by Crippen LogP contribution is -2.35. The van der Waals surface area contributed by atoms with E-state index < -0.39 is 11.8 Å². The number of nitrogens with one attached hydrogen (secondary N) is 1. The lowest BCUT2D eigenvalue weighted by molar-refractivity contribution is -0.131. The molecule has 0 aliphatic rings. The van der Waals surface area contributed by atoms with E-state index in [-0.39, 0.29) is 31.3 Å². The van der Waals surface area contributed by atoms with E-state index in [1.807, 2.05) is 0 Å². The zero-order valence-electron chi connectivity index (χ0n) is 10.7. The minimum atomic E-state index is -0.629. The van der Waals surface area contributed by atoms with E-state index in [1.54, 1.807) is 12.1 Å². The van der Waals surface area contributed by atoms with E-state index in [9.17, 15) is 14.0 Å². The van der Waals surface area contributed by atoms with Gasteiger partial charge in [-0.1, -0.05) is 12.1 Å². The Kier molecular flexibility index (Phi) is 5.95. The van der Waals surface area contributed by atoms with Crippen LogP contribution in [0.15, 0.2) is 24.3 Å². The third-order valence-corrected chi connectivity index (χ3v) is 2.54. The van der Waals surface area contributed by atoms with Gasteiger partial charge in [0.05, 0.1) is 12.5 Å². The highest BCUT2D eigenvalue weighted by Crippen LogP contribution is 2.06. The molecular weight excluding hydrogens is 251 g/mol. The number of rotatable bonds is 7. The molecule has 0 bridgehead atoms. The average molecular weight is 268 g/mol. The highest BCUT2D eigenvalue weighted by Gasteiger charge is 2.20. The predicted octanol–water partition coefficient (Wildman–Crippen LogP) is 0.580. The topological polar surface area (TPSA) is 81.4 Å². The summed E-state index contributed by atoms with van der Waals surface area (Å²) in [6, 6.07) is 5.92. The Balaban J connectivity index is 2.54. The van der Waals surface area contributed by atoms with Crippen LogP contribution in [-0.2, 0) is 20.9 Å². The van der Waals surface area contributed by atoms with Crippen LogP contribution >= 0.6 is 0 Å². The van der Waals surface area contributed by atoms with Crippen molar-refractivity contribution in [1.29, 1.82) is 0 Å². The average Bonchev–Trinajstić information content (AvgIpc) is 2.35. The summed E-state index contributed by atoms with van der Waals surface area (Å²) in [5.41, 5.74) is 5.71. The second-order valence-electron chi connectivity index (χ2n) is 4.17. The van der Waals surface area contributed by atoms with Gasteiger partial charge in [0.1, 0.15) is 5.82 Å². The molecule has 1 atom stereocenters. The van der Waals surface area contributed by atoms with Crippen molar-refractivity contribution in [3.05, 3.63) is 35.6 Å².